The second kappa shape index (κ2) is 3.04. The summed E-state index contributed by atoms with van der Waals surface area (Å²) in [6, 6.07) is 7.55. The lowest BCUT2D eigenvalue weighted by molar-refractivity contribution is 0.920. The van der Waals surface area contributed by atoms with Gasteiger partial charge in [0.15, 0.2) is 5.82 Å². The predicted molar refractivity (Wildman–Crippen MR) is 45.5 cm³/mol. The Morgan fingerprint density at radius 2 is 2.00 bits per heavy atom. The average molecular weight is 160 g/mol. The van der Waals surface area contributed by atoms with E-state index >= 15 is 0 Å². The minimum atomic E-state index is 0.730. The van der Waals surface area contributed by atoms with E-state index in [-0.39, 0.29) is 0 Å². The van der Waals surface area contributed by atoms with E-state index in [0.29, 0.717) is 0 Å². The fourth-order valence-corrected chi connectivity index (χ4v) is 0.902. The second-order valence-corrected chi connectivity index (χ2v) is 2.31. The largest absolute Gasteiger partial charge is 0.277 e. The van der Waals surface area contributed by atoms with Crippen molar-refractivity contribution < 1.29 is 0 Å². The molecule has 0 unspecified atom stereocenters. The molecule has 4 nitrogen and oxygen atoms in total. The first-order valence-electron chi connectivity index (χ1n) is 3.63. The molecule has 0 saturated heterocycles. The minimum Gasteiger partial charge on any atom is -0.277 e. The Labute approximate surface area is 69.8 Å². The average Bonchev–Trinajstić information content (AvgIpc) is 2.59. The monoisotopic (exact) mass is 160 g/mol. The van der Waals surface area contributed by atoms with Gasteiger partial charge in [-0.3, -0.25) is 10.1 Å². The number of hydrogen-bond donors (Lipinski definition) is 1. The first-order valence-corrected chi connectivity index (χ1v) is 3.63. The van der Waals surface area contributed by atoms with Crippen molar-refractivity contribution in [3.05, 3.63) is 42.9 Å². The van der Waals surface area contributed by atoms with Gasteiger partial charge >= 0.3 is 0 Å². The van der Waals surface area contributed by atoms with Crippen LogP contribution in [0.5, 0.6) is 0 Å². The van der Waals surface area contributed by atoms with Crippen LogP contribution in [0, 0.1) is 0 Å². The molecule has 0 spiro atoms. The molecule has 0 saturated carbocycles. The van der Waals surface area contributed by atoms with Crippen molar-refractivity contribution in [2.24, 2.45) is 0 Å². The van der Waals surface area contributed by atoms with E-state index < -0.39 is 0 Å². The summed E-state index contributed by atoms with van der Waals surface area (Å²) in [5.41, 5.74) is 3.03. The number of nitrogens with one attached hydrogen (secondary N) is 1. The van der Waals surface area contributed by atoms with Gasteiger partial charge in [-0.1, -0.05) is 0 Å². The third-order valence-electron chi connectivity index (χ3n) is 1.42. The summed E-state index contributed by atoms with van der Waals surface area (Å²) in [4.78, 5) is 0. The maximum Gasteiger partial charge on any atom is 0.167 e. The Balaban J connectivity index is 2.15. The molecule has 0 radical (unpaired) electrons. The quantitative estimate of drug-likeness (QED) is 0.716. The van der Waals surface area contributed by atoms with Crippen LogP contribution in [0.1, 0.15) is 0 Å². The Hall–Kier alpha value is -1.84. The smallest absolute Gasteiger partial charge is 0.167 e. The van der Waals surface area contributed by atoms with Crippen LogP contribution < -0.4 is 5.43 Å². The maximum absolute atomic E-state index is 3.87. The van der Waals surface area contributed by atoms with Gasteiger partial charge in [0, 0.05) is 18.6 Å². The van der Waals surface area contributed by atoms with Gasteiger partial charge < -0.3 is 0 Å². The van der Waals surface area contributed by atoms with Crippen molar-refractivity contribution in [3.63, 3.8) is 0 Å². The molecule has 0 atom stereocenters. The molecule has 2 aromatic heterocycles. The Kier molecular flexibility index (Phi) is 1.74. The van der Waals surface area contributed by atoms with Crippen molar-refractivity contribution in [2.45, 2.75) is 0 Å². The summed E-state index contributed by atoms with van der Waals surface area (Å²) in [6.45, 7) is 0. The number of anilines is 1. The topological polar surface area (TPSA) is 42.7 Å². The van der Waals surface area contributed by atoms with Crippen LogP contribution in [0.15, 0.2) is 42.9 Å². The van der Waals surface area contributed by atoms with E-state index in [0.717, 1.165) is 5.82 Å². The number of nitrogens with zero attached hydrogens (tertiary/aromatic N) is 3. The number of hydrogen-bond acceptors (Lipinski definition) is 3. The van der Waals surface area contributed by atoms with Gasteiger partial charge in [-0.15, -0.1) is 5.10 Å². The highest BCUT2D eigenvalue weighted by Crippen LogP contribution is 1.98. The summed E-state index contributed by atoms with van der Waals surface area (Å²) in [5.74, 6) is 0.730. The fraction of sp³-hybridized carbons (Fsp3) is 0. The Bertz CT molecular complexity index is 327. The van der Waals surface area contributed by atoms with Crippen molar-refractivity contribution in [1.29, 1.82) is 0 Å². The molecule has 1 N–H and O–H groups in total. The molecule has 0 aliphatic carbocycles. The molecule has 0 fully saturated rings. The third-order valence-corrected chi connectivity index (χ3v) is 1.42. The lowest BCUT2D eigenvalue weighted by Gasteiger charge is -2.03. The highest BCUT2D eigenvalue weighted by atomic mass is 15.4. The van der Waals surface area contributed by atoms with Crippen molar-refractivity contribution in [1.82, 2.24) is 14.9 Å². The standard InChI is InChI=1S/C8H8N4/c1-2-7-12(6-1)11-8-4-3-5-9-10-8/h1-7H,(H,10,11). The van der Waals surface area contributed by atoms with Gasteiger partial charge in [0.1, 0.15) is 0 Å². The molecule has 0 aliphatic heterocycles. The molecular weight excluding hydrogens is 152 g/mol. The summed E-state index contributed by atoms with van der Waals surface area (Å²) in [5, 5.41) is 7.61. The van der Waals surface area contributed by atoms with Crippen molar-refractivity contribution >= 4 is 5.82 Å². The van der Waals surface area contributed by atoms with Crippen LogP contribution in [-0.2, 0) is 0 Å². The summed E-state index contributed by atoms with van der Waals surface area (Å²) < 4.78 is 1.81. The summed E-state index contributed by atoms with van der Waals surface area (Å²) in [7, 11) is 0. The van der Waals surface area contributed by atoms with Crippen LogP contribution in [0.4, 0.5) is 5.82 Å². The van der Waals surface area contributed by atoms with Crippen LogP contribution in [0.25, 0.3) is 0 Å². The lowest BCUT2D eigenvalue weighted by atomic mass is 10.5. The van der Waals surface area contributed by atoms with Crippen LogP contribution in [0.2, 0.25) is 0 Å². The summed E-state index contributed by atoms with van der Waals surface area (Å²) in [6.07, 6.45) is 5.43. The SMILES string of the molecule is c1cnnc(Nn2cccc2)c1. The molecule has 2 rings (SSSR count). The van der Waals surface area contributed by atoms with E-state index in [2.05, 4.69) is 15.6 Å². The van der Waals surface area contributed by atoms with E-state index in [1.54, 1.807) is 6.20 Å². The molecule has 0 bridgehead atoms. The van der Waals surface area contributed by atoms with Crippen LogP contribution in [0.3, 0.4) is 0 Å². The van der Waals surface area contributed by atoms with Gasteiger partial charge in [0.2, 0.25) is 0 Å². The van der Waals surface area contributed by atoms with E-state index in [1.807, 2.05) is 41.3 Å². The third kappa shape index (κ3) is 1.42. The van der Waals surface area contributed by atoms with Gasteiger partial charge in [0.25, 0.3) is 0 Å². The number of rotatable bonds is 2. The maximum atomic E-state index is 3.87. The molecule has 4 heteroatoms. The molecule has 12 heavy (non-hydrogen) atoms. The first kappa shape index (κ1) is 6.84. The van der Waals surface area contributed by atoms with Gasteiger partial charge in [0.05, 0.1) is 0 Å². The van der Waals surface area contributed by atoms with E-state index in [1.165, 1.54) is 0 Å². The van der Waals surface area contributed by atoms with Gasteiger partial charge in [-0.05, 0) is 24.3 Å². The lowest BCUT2D eigenvalue weighted by Crippen LogP contribution is -2.07. The zero-order valence-electron chi connectivity index (χ0n) is 6.38. The van der Waals surface area contributed by atoms with Gasteiger partial charge in [-0.25, -0.2) is 0 Å². The number of aromatic nitrogens is 3. The van der Waals surface area contributed by atoms with Crippen LogP contribution in [-0.4, -0.2) is 14.9 Å². The van der Waals surface area contributed by atoms with Crippen molar-refractivity contribution in [3.8, 4) is 0 Å². The minimum absolute atomic E-state index is 0.730. The zero-order valence-corrected chi connectivity index (χ0v) is 6.38. The van der Waals surface area contributed by atoms with E-state index in [9.17, 15) is 0 Å². The highest BCUT2D eigenvalue weighted by Gasteiger charge is 1.90. The molecule has 0 aromatic carbocycles. The molecule has 2 aromatic rings. The summed E-state index contributed by atoms with van der Waals surface area (Å²) >= 11 is 0. The molecule has 0 aliphatic rings. The zero-order chi connectivity index (χ0) is 8.23. The van der Waals surface area contributed by atoms with Gasteiger partial charge in [-0.2, -0.15) is 5.10 Å². The second-order valence-electron chi connectivity index (χ2n) is 2.31. The van der Waals surface area contributed by atoms with E-state index in [4.69, 9.17) is 0 Å². The molecular formula is C8H8N4. The first-order chi connectivity index (χ1) is 5.95. The highest BCUT2D eigenvalue weighted by molar-refractivity contribution is 5.31. The Morgan fingerprint density at radius 1 is 1.17 bits per heavy atom. The molecule has 2 heterocycles. The Morgan fingerprint density at radius 3 is 2.67 bits per heavy atom. The predicted octanol–water partition coefficient (Wildman–Crippen LogP) is 1.15. The normalized spacial score (nSPS) is 9.67. The van der Waals surface area contributed by atoms with Crippen LogP contribution >= 0.6 is 0 Å². The fourth-order valence-electron chi connectivity index (χ4n) is 0.902. The molecule has 60 valence electrons. The van der Waals surface area contributed by atoms with Crippen molar-refractivity contribution in [2.75, 3.05) is 5.43 Å². The molecule has 0 amide bonds.